The summed E-state index contributed by atoms with van der Waals surface area (Å²) < 4.78 is 10.4. The molecule has 1 saturated carbocycles. The van der Waals surface area contributed by atoms with Crippen LogP contribution in [-0.2, 0) is 14.3 Å². The zero-order valence-corrected chi connectivity index (χ0v) is 10.5. The summed E-state index contributed by atoms with van der Waals surface area (Å²) in [5, 5.41) is 2.79. The Hall–Kier alpha value is -1.26. The van der Waals surface area contributed by atoms with Gasteiger partial charge < -0.3 is 14.8 Å². The Morgan fingerprint density at radius 2 is 2.12 bits per heavy atom. The Bertz CT molecular complexity index is 334. The van der Waals surface area contributed by atoms with Gasteiger partial charge in [-0.15, -0.1) is 0 Å². The number of carbonyl (C=O) groups is 2. The number of hydrogen-bond acceptors (Lipinski definition) is 4. The van der Waals surface area contributed by atoms with Gasteiger partial charge in [-0.05, 0) is 40.0 Å². The lowest BCUT2D eigenvalue weighted by molar-refractivity contribution is -0.143. The van der Waals surface area contributed by atoms with Gasteiger partial charge in [0.2, 0.25) is 0 Å². The van der Waals surface area contributed by atoms with E-state index in [4.69, 9.17) is 9.47 Å². The Morgan fingerprint density at radius 3 is 2.76 bits per heavy atom. The van der Waals surface area contributed by atoms with Crippen LogP contribution in [-0.4, -0.2) is 29.8 Å². The van der Waals surface area contributed by atoms with Crippen molar-refractivity contribution in [1.29, 1.82) is 0 Å². The Balaban J connectivity index is 1.88. The normalized spacial score (nSPS) is 31.9. The van der Waals surface area contributed by atoms with E-state index in [9.17, 15) is 9.59 Å². The van der Waals surface area contributed by atoms with Crippen LogP contribution in [0.1, 0.15) is 40.0 Å². The van der Waals surface area contributed by atoms with Crippen molar-refractivity contribution >= 4 is 12.1 Å². The number of esters is 1. The molecule has 0 aromatic heterocycles. The maximum atomic E-state index is 11.6. The van der Waals surface area contributed by atoms with Crippen LogP contribution in [0.25, 0.3) is 0 Å². The van der Waals surface area contributed by atoms with Crippen LogP contribution in [0, 0.1) is 5.92 Å². The highest BCUT2D eigenvalue weighted by Crippen LogP contribution is 2.34. The second-order valence-corrected chi connectivity index (χ2v) is 5.74. The summed E-state index contributed by atoms with van der Waals surface area (Å²) in [7, 11) is 0. The van der Waals surface area contributed by atoms with Crippen LogP contribution < -0.4 is 5.32 Å². The predicted octanol–water partition coefficient (Wildman–Crippen LogP) is 1.61. The number of hydrogen-bond donors (Lipinski definition) is 1. The molecule has 0 aromatic rings. The molecule has 1 heterocycles. The third-order valence-corrected chi connectivity index (χ3v) is 3.09. The second-order valence-electron chi connectivity index (χ2n) is 5.74. The van der Waals surface area contributed by atoms with Gasteiger partial charge >= 0.3 is 12.1 Å². The van der Waals surface area contributed by atoms with Gasteiger partial charge in [-0.2, -0.15) is 0 Å². The zero-order valence-electron chi connectivity index (χ0n) is 10.5. The van der Waals surface area contributed by atoms with Crippen LogP contribution in [0.4, 0.5) is 4.79 Å². The molecule has 0 spiro atoms. The van der Waals surface area contributed by atoms with E-state index in [0.29, 0.717) is 0 Å². The van der Waals surface area contributed by atoms with Crippen LogP contribution >= 0.6 is 0 Å². The van der Waals surface area contributed by atoms with Gasteiger partial charge in [0.1, 0.15) is 11.7 Å². The SMILES string of the molecule is CC(C)(C)OC(=O)N[C@@H]1CC[C@H]2C[C@@H]1OC2=O. The van der Waals surface area contributed by atoms with Crippen molar-refractivity contribution < 1.29 is 19.1 Å². The zero-order chi connectivity index (χ0) is 12.6. The van der Waals surface area contributed by atoms with E-state index in [-0.39, 0.29) is 24.0 Å². The predicted molar refractivity (Wildman–Crippen MR) is 60.4 cm³/mol. The lowest BCUT2D eigenvalue weighted by atomic mass is 9.87. The topological polar surface area (TPSA) is 64.6 Å². The van der Waals surface area contributed by atoms with Crippen LogP contribution in [0.2, 0.25) is 0 Å². The maximum Gasteiger partial charge on any atom is 0.408 e. The van der Waals surface area contributed by atoms with E-state index in [1.807, 2.05) is 20.8 Å². The number of nitrogens with one attached hydrogen (secondary N) is 1. The standard InChI is InChI=1S/C12H19NO4/c1-12(2,3)17-11(15)13-8-5-4-7-6-9(8)16-10(7)14/h7-9H,4-6H2,1-3H3,(H,13,15)/t7-,8+,9-/m0/s1. The minimum atomic E-state index is -0.506. The highest BCUT2D eigenvalue weighted by Gasteiger charge is 2.44. The molecule has 17 heavy (non-hydrogen) atoms. The smallest absolute Gasteiger partial charge is 0.408 e. The van der Waals surface area contributed by atoms with Gasteiger partial charge in [-0.3, -0.25) is 4.79 Å². The average Bonchev–Trinajstić information content (AvgIpc) is 2.45. The summed E-state index contributed by atoms with van der Waals surface area (Å²) in [5.41, 5.74) is -0.506. The molecule has 2 fully saturated rings. The first kappa shape index (κ1) is 12.2. The average molecular weight is 241 g/mol. The molecule has 96 valence electrons. The molecule has 0 unspecified atom stereocenters. The minimum absolute atomic E-state index is 0.0386. The summed E-state index contributed by atoms with van der Waals surface area (Å²) >= 11 is 0. The van der Waals surface area contributed by atoms with Gasteiger partial charge in [0.25, 0.3) is 0 Å². The van der Waals surface area contributed by atoms with Gasteiger partial charge in [0.15, 0.2) is 0 Å². The van der Waals surface area contributed by atoms with E-state index >= 15 is 0 Å². The first-order valence-electron chi connectivity index (χ1n) is 6.05. The molecule has 5 nitrogen and oxygen atoms in total. The molecule has 1 aliphatic carbocycles. The Kier molecular flexibility index (Phi) is 3.02. The van der Waals surface area contributed by atoms with E-state index < -0.39 is 11.7 Å². The van der Waals surface area contributed by atoms with E-state index in [0.717, 1.165) is 19.3 Å². The van der Waals surface area contributed by atoms with Gasteiger partial charge in [0.05, 0.1) is 12.0 Å². The van der Waals surface area contributed by atoms with Crippen molar-refractivity contribution in [1.82, 2.24) is 5.32 Å². The molecular formula is C12H19NO4. The van der Waals surface area contributed by atoms with Crippen molar-refractivity contribution in [2.75, 3.05) is 0 Å². The molecule has 0 aromatic carbocycles. The van der Waals surface area contributed by atoms with E-state index in [2.05, 4.69) is 5.32 Å². The summed E-state index contributed by atoms with van der Waals surface area (Å²) in [5.74, 6) is -0.0832. The third kappa shape index (κ3) is 2.90. The number of amides is 1. The van der Waals surface area contributed by atoms with Gasteiger partial charge in [-0.25, -0.2) is 4.79 Å². The number of carbonyl (C=O) groups excluding carboxylic acids is 2. The highest BCUT2D eigenvalue weighted by molar-refractivity contribution is 5.75. The lowest BCUT2D eigenvalue weighted by Crippen LogP contribution is -2.46. The van der Waals surface area contributed by atoms with Crippen molar-refractivity contribution in [3.8, 4) is 0 Å². The van der Waals surface area contributed by atoms with E-state index in [1.165, 1.54) is 0 Å². The third-order valence-electron chi connectivity index (χ3n) is 3.09. The number of ether oxygens (including phenoxy) is 2. The largest absolute Gasteiger partial charge is 0.460 e. The Labute approximate surface area is 101 Å². The first-order valence-corrected chi connectivity index (χ1v) is 6.05. The molecule has 0 radical (unpaired) electrons. The molecular weight excluding hydrogens is 222 g/mol. The fourth-order valence-corrected chi connectivity index (χ4v) is 2.34. The maximum absolute atomic E-state index is 11.6. The number of alkyl carbamates (subject to hydrolysis) is 1. The van der Waals surface area contributed by atoms with Crippen LogP contribution in [0.3, 0.4) is 0 Å². The van der Waals surface area contributed by atoms with Crippen molar-refractivity contribution in [2.45, 2.75) is 57.8 Å². The molecule has 1 amide bonds. The monoisotopic (exact) mass is 241 g/mol. The second kappa shape index (κ2) is 4.20. The molecule has 2 bridgehead atoms. The van der Waals surface area contributed by atoms with Crippen molar-refractivity contribution in [3.05, 3.63) is 0 Å². The molecule has 2 rings (SSSR count). The number of fused-ring (bicyclic) bond motifs is 2. The molecule has 1 saturated heterocycles. The lowest BCUT2D eigenvalue weighted by Gasteiger charge is -2.28. The summed E-state index contributed by atoms with van der Waals surface area (Å²) in [6.07, 6.45) is 1.67. The van der Waals surface area contributed by atoms with Crippen LogP contribution in [0.15, 0.2) is 0 Å². The van der Waals surface area contributed by atoms with Gasteiger partial charge in [-0.1, -0.05) is 0 Å². The molecule has 2 aliphatic rings. The Morgan fingerprint density at radius 1 is 1.41 bits per heavy atom. The molecule has 1 aliphatic heterocycles. The minimum Gasteiger partial charge on any atom is -0.460 e. The highest BCUT2D eigenvalue weighted by atomic mass is 16.6. The molecule has 3 atom stereocenters. The summed E-state index contributed by atoms with van der Waals surface area (Å²) in [6.45, 7) is 5.46. The van der Waals surface area contributed by atoms with Crippen LogP contribution in [0.5, 0.6) is 0 Å². The van der Waals surface area contributed by atoms with Crippen molar-refractivity contribution in [3.63, 3.8) is 0 Å². The van der Waals surface area contributed by atoms with E-state index in [1.54, 1.807) is 0 Å². The molecule has 1 N–H and O–H groups in total. The van der Waals surface area contributed by atoms with Gasteiger partial charge in [0, 0.05) is 0 Å². The fraction of sp³-hybridized carbons (Fsp3) is 0.833. The molecule has 5 heteroatoms. The summed E-state index contributed by atoms with van der Waals surface area (Å²) in [6, 6.07) is -0.104. The van der Waals surface area contributed by atoms with Crippen molar-refractivity contribution in [2.24, 2.45) is 5.92 Å². The first-order chi connectivity index (χ1) is 7.85. The fourth-order valence-electron chi connectivity index (χ4n) is 2.34. The summed E-state index contributed by atoms with van der Waals surface area (Å²) in [4.78, 5) is 23.0. The quantitative estimate of drug-likeness (QED) is 0.708. The number of rotatable bonds is 1.